The number of benzene rings is 1. The molecule has 0 saturated carbocycles. The maximum Gasteiger partial charge on any atom is 0.410 e. The predicted molar refractivity (Wildman–Crippen MR) is 104 cm³/mol. The van der Waals surface area contributed by atoms with E-state index >= 15 is 0 Å². The van der Waals surface area contributed by atoms with Crippen LogP contribution in [-0.4, -0.2) is 40.7 Å². The summed E-state index contributed by atoms with van der Waals surface area (Å²) < 4.78 is 5.50. The molecule has 5 heteroatoms. The molecule has 138 valence electrons. The van der Waals surface area contributed by atoms with Crippen molar-refractivity contribution in [3.63, 3.8) is 0 Å². The molecule has 2 heterocycles. The van der Waals surface area contributed by atoms with Crippen LogP contribution in [-0.2, 0) is 4.74 Å². The standard InChI is InChI=1S/C21H27N3O2/c1-21(2,3)26-20(25)23-15-12-18(13-16-23)24(17-9-5-4-6-10-17)19-11-7-8-14-22-19/h4-11,14,18H,12-13,15-16H2,1-3H3. The lowest BCUT2D eigenvalue weighted by Crippen LogP contribution is -2.47. The first kappa shape index (κ1) is 18.2. The van der Waals surface area contributed by atoms with Crippen molar-refractivity contribution in [2.45, 2.75) is 45.3 Å². The van der Waals surface area contributed by atoms with Crippen molar-refractivity contribution in [2.24, 2.45) is 0 Å². The molecular formula is C21H27N3O2. The molecule has 1 aliphatic rings. The topological polar surface area (TPSA) is 45.7 Å². The zero-order chi connectivity index (χ0) is 18.6. The van der Waals surface area contributed by atoms with E-state index in [4.69, 9.17) is 4.74 Å². The summed E-state index contributed by atoms with van der Waals surface area (Å²) in [6.45, 7) is 7.08. The van der Waals surface area contributed by atoms with Crippen LogP contribution in [0.5, 0.6) is 0 Å². The molecule has 1 saturated heterocycles. The highest BCUT2D eigenvalue weighted by molar-refractivity contribution is 5.68. The van der Waals surface area contributed by atoms with Crippen molar-refractivity contribution in [2.75, 3.05) is 18.0 Å². The molecule has 1 aromatic heterocycles. The number of anilines is 2. The molecule has 0 atom stereocenters. The summed E-state index contributed by atoms with van der Waals surface area (Å²) in [6, 6.07) is 16.6. The van der Waals surface area contributed by atoms with Gasteiger partial charge >= 0.3 is 6.09 Å². The molecule has 0 bridgehead atoms. The fourth-order valence-electron chi connectivity index (χ4n) is 3.25. The van der Waals surface area contributed by atoms with E-state index in [1.165, 1.54) is 0 Å². The summed E-state index contributed by atoms with van der Waals surface area (Å²) in [5.41, 5.74) is 0.666. The summed E-state index contributed by atoms with van der Waals surface area (Å²) in [5.74, 6) is 0.939. The third-order valence-electron chi connectivity index (χ3n) is 4.41. The van der Waals surface area contributed by atoms with Crippen molar-refractivity contribution in [3.05, 3.63) is 54.7 Å². The van der Waals surface area contributed by atoms with E-state index in [0.29, 0.717) is 19.1 Å². The second-order valence-corrected chi connectivity index (χ2v) is 7.59. The van der Waals surface area contributed by atoms with Gasteiger partial charge in [-0.05, 0) is 57.9 Å². The van der Waals surface area contributed by atoms with Gasteiger partial charge in [-0.3, -0.25) is 0 Å². The normalized spacial score (nSPS) is 15.6. The van der Waals surface area contributed by atoms with Gasteiger partial charge < -0.3 is 14.5 Å². The van der Waals surface area contributed by atoms with Crippen molar-refractivity contribution >= 4 is 17.6 Å². The fourth-order valence-corrected chi connectivity index (χ4v) is 3.25. The summed E-state index contributed by atoms with van der Waals surface area (Å²) in [5, 5.41) is 0. The Kier molecular flexibility index (Phi) is 5.45. The van der Waals surface area contributed by atoms with Gasteiger partial charge in [0, 0.05) is 31.0 Å². The number of amides is 1. The minimum atomic E-state index is -0.460. The number of para-hydroxylation sites is 1. The first-order valence-corrected chi connectivity index (χ1v) is 9.17. The van der Waals surface area contributed by atoms with Crippen LogP contribution in [0.25, 0.3) is 0 Å². The summed E-state index contributed by atoms with van der Waals surface area (Å²) >= 11 is 0. The van der Waals surface area contributed by atoms with Crippen LogP contribution in [0.15, 0.2) is 54.7 Å². The number of hydrogen-bond acceptors (Lipinski definition) is 4. The Hall–Kier alpha value is -2.56. The molecule has 1 fully saturated rings. The van der Waals surface area contributed by atoms with Gasteiger partial charge in [0.15, 0.2) is 0 Å². The Bertz CT molecular complexity index is 666. The Morgan fingerprint density at radius 2 is 1.73 bits per heavy atom. The molecule has 0 spiro atoms. The number of pyridine rings is 1. The molecule has 1 aromatic carbocycles. The van der Waals surface area contributed by atoms with E-state index in [9.17, 15) is 4.79 Å². The van der Waals surface area contributed by atoms with Gasteiger partial charge in [0.25, 0.3) is 0 Å². The van der Waals surface area contributed by atoms with Gasteiger partial charge in [0.2, 0.25) is 0 Å². The van der Waals surface area contributed by atoms with Crippen molar-refractivity contribution in [1.82, 2.24) is 9.88 Å². The van der Waals surface area contributed by atoms with Gasteiger partial charge in [-0.15, -0.1) is 0 Å². The van der Waals surface area contributed by atoms with Crippen LogP contribution in [0, 0.1) is 0 Å². The SMILES string of the molecule is CC(C)(C)OC(=O)N1CCC(N(c2ccccc2)c2ccccn2)CC1. The van der Waals surface area contributed by atoms with Crippen molar-refractivity contribution < 1.29 is 9.53 Å². The summed E-state index contributed by atoms with van der Waals surface area (Å²) in [6.07, 6.45) is 3.36. The largest absolute Gasteiger partial charge is 0.444 e. The number of carbonyl (C=O) groups excluding carboxylic acids is 1. The monoisotopic (exact) mass is 353 g/mol. The number of aromatic nitrogens is 1. The molecule has 1 aliphatic heterocycles. The van der Waals surface area contributed by atoms with Crippen LogP contribution < -0.4 is 4.90 Å². The van der Waals surface area contributed by atoms with E-state index < -0.39 is 5.60 Å². The van der Waals surface area contributed by atoms with Crippen LogP contribution >= 0.6 is 0 Å². The number of ether oxygens (including phenoxy) is 1. The zero-order valence-electron chi connectivity index (χ0n) is 15.8. The Morgan fingerprint density at radius 1 is 1.08 bits per heavy atom. The molecule has 26 heavy (non-hydrogen) atoms. The van der Waals surface area contributed by atoms with Gasteiger partial charge in [0.05, 0.1) is 0 Å². The Balaban J connectivity index is 1.73. The molecule has 0 N–H and O–H groups in total. The van der Waals surface area contributed by atoms with Crippen molar-refractivity contribution in [3.8, 4) is 0 Å². The lowest BCUT2D eigenvalue weighted by molar-refractivity contribution is 0.0206. The quantitative estimate of drug-likeness (QED) is 0.808. The van der Waals surface area contributed by atoms with E-state index in [0.717, 1.165) is 24.3 Å². The number of rotatable bonds is 3. The highest BCUT2D eigenvalue weighted by atomic mass is 16.6. The Morgan fingerprint density at radius 3 is 2.31 bits per heavy atom. The van der Waals surface area contributed by atoms with Gasteiger partial charge in [-0.25, -0.2) is 9.78 Å². The number of hydrogen-bond donors (Lipinski definition) is 0. The number of piperidine rings is 1. The highest BCUT2D eigenvalue weighted by Gasteiger charge is 2.30. The lowest BCUT2D eigenvalue weighted by atomic mass is 10.0. The smallest absolute Gasteiger partial charge is 0.410 e. The first-order valence-electron chi connectivity index (χ1n) is 9.17. The highest BCUT2D eigenvalue weighted by Crippen LogP contribution is 2.30. The molecule has 2 aromatic rings. The zero-order valence-corrected chi connectivity index (χ0v) is 15.8. The van der Waals surface area contributed by atoms with E-state index in [1.54, 1.807) is 0 Å². The third kappa shape index (κ3) is 4.54. The van der Waals surface area contributed by atoms with Crippen LogP contribution in [0.2, 0.25) is 0 Å². The average molecular weight is 353 g/mol. The van der Waals surface area contributed by atoms with Crippen LogP contribution in [0.4, 0.5) is 16.3 Å². The number of carbonyl (C=O) groups is 1. The van der Waals surface area contributed by atoms with Gasteiger partial charge in [0.1, 0.15) is 11.4 Å². The first-order chi connectivity index (χ1) is 12.4. The lowest BCUT2D eigenvalue weighted by Gasteiger charge is -2.39. The summed E-state index contributed by atoms with van der Waals surface area (Å²) in [7, 11) is 0. The second kappa shape index (κ2) is 7.77. The Labute approximate surface area is 155 Å². The van der Waals surface area contributed by atoms with Gasteiger partial charge in [-0.1, -0.05) is 24.3 Å². The van der Waals surface area contributed by atoms with E-state index in [2.05, 4.69) is 22.0 Å². The molecular weight excluding hydrogens is 326 g/mol. The minimum absolute atomic E-state index is 0.222. The molecule has 0 radical (unpaired) electrons. The maximum atomic E-state index is 12.3. The van der Waals surface area contributed by atoms with E-state index in [-0.39, 0.29) is 6.09 Å². The maximum absolute atomic E-state index is 12.3. The predicted octanol–water partition coefficient (Wildman–Crippen LogP) is 4.62. The average Bonchev–Trinajstić information content (AvgIpc) is 2.63. The van der Waals surface area contributed by atoms with Crippen molar-refractivity contribution in [1.29, 1.82) is 0 Å². The molecule has 0 aliphatic carbocycles. The van der Waals surface area contributed by atoms with E-state index in [1.807, 2.05) is 68.3 Å². The molecule has 3 rings (SSSR count). The third-order valence-corrected chi connectivity index (χ3v) is 4.41. The minimum Gasteiger partial charge on any atom is -0.444 e. The van der Waals surface area contributed by atoms with Crippen LogP contribution in [0.1, 0.15) is 33.6 Å². The van der Waals surface area contributed by atoms with Crippen LogP contribution in [0.3, 0.4) is 0 Å². The molecule has 1 amide bonds. The summed E-state index contributed by atoms with van der Waals surface area (Å²) in [4.78, 5) is 21.0. The fraction of sp³-hybridized carbons (Fsp3) is 0.429. The second-order valence-electron chi connectivity index (χ2n) is 7.59. The van der Waals surface area contributed by atoms with Gasteiger partial charge in [-0.2, -0.15) is 0 Å². The molecule has 0 unspecified atom stereocenters. The number of nitrogens with zero attached hydrogens (tertiary/aromatic N) is 3. The number of likely N-dealkylation sites (tertiary alicyclic amines) is 1. The molecule has 5 nitrogen and oxygen atoms in total.